The van der Waals surface area contributed by atoms with E-state index < -0.39 is 6.10 Å². The van der Waals surface area contributed by atoms with Crippen molar-refractivity contribution in [3.63, 3.8) is 0 Å². The monoisotopic (exact) mass is 396 g/mol. The highest BCUT2D eigenvalue weighted by atomic mass is 32.2. The van der Waals surface area contributed by atoms with Crippen molar-refractivity contribution in [2.75, 3.05) is 12.4 Å². The van der Waals surface area contributed by atoms with Gasteiger partial charge in [0, 0.05) is 35.8 Å². The Morgan fingerprint density at radius 3 is 2.75 bits per heavy atom. The number of imidazole rings is 1. The number of ether oxygens (including phenoxy) is 1. The van der Waals surface area contributed by atoms with Crippen LogP contribution in [0.2, 0.25) is 0 Å². The van der Waals surface area contributed by atoms with Gasteiger partial charge in [0.25, 0.3) is 0 Å². The number of carbonyl (C=O) groups excluding carboxylic acids is 1. The fourth-order valence-corrected chi connectivity index (χ4v) is 3.60. The number of hydrogen-bond donors (Lipinski definition) is 1. The van der Waals surface area contributed by atoms with E-state index >= 15 is 0 Å². The van der Waals surface area contributed by atoms with Crippen LogP contribution in [0.25, 0.3) is 5.69 Å². The normalized spacial score (nSPS) is 12.0. The highest BCUT2D eigenvalue weighted by Gasteiger charge is 2.11. The first-order chi connectivity index (χ1) is 13.6. The molecule has 3 rings (SSSR count). The first kappa shape index (κ1) is 20.2. The predicted octanol–water partition coefficient (Wildman–Crippen LogP) is 4.31. The highest BCUT2D eigenvalue weighted by Crippen LogP contribution is 2.22. The third-order valence-corrected chi connectivity index (χ3v) is 5.34. The number of thioether (sulfide) groups is 1. The number of ketones is 1. The van der Waals surface area contributed by atoms with Gasteiger partial charge in [0.05, 0.1) is 6.10 Å². The van der Waals surface area contributed by atoms with Crippen LogP contribution in [0.5, 0.6) is 5.75 Å². The van der Waals surface area contributed by atoms with E-state index in [1.165, 1.54) is 17.3 Å². The summed E-state index contributed by atoms with van der Waals surface area (Å²) in [5.74, 6) is 1.21. The molecular weight excluding hydrogens is 372 g/mol. The molecule has 1 atom stereocenters. The molecule has 2 aromatic carbocycles. The van der Waals surface area contributed by atoms with Gasteiger partial charge in [0.15, 0.2) is 10.9 Å². The van der Waals surface area contributed by atoms with E-state index in [1.54, 1.807) is 30.5 Å². The fourth-order valence-electron chi connectivity index (χ4n) is 2.72. The third-order valence-electron chi connectivity index (χ3n) is 4.23. The third kappa shape index (κ3) is 5.24. The minimum Gasteiger partial charge on any atom is -0.491 e. The Bertz CT molecular complexity index is 922. The lowest BCUT2D eigenvalue weighted by Crippen LogP contribution is -2.20. The molecule has 0 spiro atoms. The van der Waals surface area contributed by atoms with Gasteiger partial charge in [0.2, 0.25) is 0 Å². The van der Waals surface area contributed by atoms with E-state index in [1.807, 2.05) is 29.8 Å². The maximum Gasteiger partial charge on any atom is 0.172 e. The Kier molecular flexibility index (Phi) is 6.90. The maximum absolute atomic E-state index is 11.6. The first-order valence-electron chi connectivity index (χ1n) is 9.24. The summed E-state index contributed by atoms with van der Waals surface area (Å²) in [7, 11) is 0. The van der Waals surface area contributed by atoms with Gasteiger partial charge in [-0.3, -0.25) is 9.36 Å². The number of aromatic nitrogens is 2. The number of aliphatic hydroxyl groups excluding tert-OH is 1. The zero-order chi connectivity index (χ0) is 19.9. The number of benzene rings is 2. The Hall–Kier alpha value is -2.57. The summed E-state index contributed by atoms with van der Waals surface area (Å²) in [5, 5.41) is 11.1. The van der Waals surface area contributed by atoms with Gasteiger partial charge in [-0.25, -0.2) is 4.98 Å². The molecule has 5 nitrogen and oxygen atoms in total. The van der Waals surface area contributed by atoms with Crippen LogP contribution in [0, 0.1) is 6.92 Å². The van der Waals surface area contributed by atoms with Crippen LogP contribution in [-0.4, -0.2) is 38.9 Å². The minimum absolute atomic E-state index is 0.104. The molecule has 6 heteroatoms. The lowest BCUT2D eigenvalue weighted by atomic mass is 10.1. The standard InChI is InChI=1S/C22H24N2O3S/c1-3-21(26)17-7-9-20(10-8-17)27-14-19(25)15-28-22-23-11-12-24(22)18-6-4-5-16(2)13-18/h4-13,19,25H,3,14-15H2,1-2H3. The first-order valence-corrected chi connectivity index (χ1v) is 10.2. The Morgan fingerprint density at radius 1 is 1.25 bits per heavy atom. The van der Waals surface area contributed by atoms with E-state index in [9.17, 15) is 9.90 Å². The number of aryl methyl sites for hydroxylation is 1. The zero-order valence-electron chi connectivity index (χ0n) is 16.0. The molecule has 1 aromatic heterocycles. The lowest BCUT2D eigenvalue weighted by molar-refractivity contribution is 0.0987. The summed E-state index contributed by atoms with van der Waals surface area (Å²) in [5.41, 5.74) is 2.91. The van der Waals surface area contributed by atoms with Gasteiger partial charge in [-0.2, -0.15) is 0 Å². The van der Waals surface area contributed by atoms with Gasteiger partial charge in [-0.1, -0.05) is 30.8 Å². The summed E-state index contributed by atoms with van der Waals surface area (Å²) >= 11 is 1.48. The predicted molar refractivity (Wildman–Crippen MR) is 112 cm³/mol. The Balaban J connectivity index is 1.52. The van der Waals surface area contributed by atoms with Crippen molar-refractivity contribution >= 4 is 17.5 Å². The Labute approximate surface area is 169 Å². The SMILES string of the molecule is CCC(=O)c1ccc(OCC(O)CSc2nccn2-c2cccc(C)c2)cc1. The smallest absolute Gasteiger partial charge is 0.172 e. The van der Waals surface area contributed by atoms with E-state index in [4.69, 9.17) is 4.74 Å². The molecule has 3 aromatic rings. The molecule has 146 valence electrons. The number of hydrogen-bond acceptors (Lipinski definition) is 5. The second-order valence-electron chi connectivity index (χ2n) is 6.50. The van der Waals surface area contributed by atoms with Gasteiger partial charge in [0.1, 0.15) is 12.4 Å². The van der Waals surface area contributed by atoms with Gasteiger partial charge >= 0.3 is 0 Å². The van der Waals surface area contributed by atoms with Crippen LogP contribution < -0.4 is 4.74 Å². The molecule has 0 radical (unpaired) electrons. The van der Waals surface area contributed by atoms with Crippen molar-refractivity contribution in [3.05, 3.63) is 72.1 Å². The van der Waals surface area contributed by atoms with Crippen molar-refractivity contribution in [1.29, 1.82) is 0 Å². The summed E-state index contributed by atoms with van der Waals surface area (Å²) < 4.78 is 7.64. The maximum atomic E-state index is 11.6. The van der Waals surface area contributed by atoms with E-state index in [2.05, 4.69) is 24.0 Å². The topological polar surface area (TPSA) is 64.3 Å². The second-order valence-corrected chi connectivity index (χ2v) is 7.48. The molecule has 0 aliphatic heterocycles. The molecule has 0 bridgehead atoms. The van der Waals surface area contributed by atoms with Gasteiger partial charge in [-0.05, 0) is 48.9 Å². The van der Waals surface area contributed by atoms with Crippen LogP contribution in [0.4, 0.5) is 0 Å². The van der Waals surface area contributed by atoms with E-state index in [-0.39, 0.29) is 12.4 Å². The molecule has 0 saturated heterocycles. The fraction of sp³-hybridized carbons (Fsp3) is 0.273. The van der Waals surface area contributed by atoms with Gasteiger partial charge in [-0.15, -0.1) is 0 Å². The molecule has 0 aliphatic carbocycles. The molecular formula is C22H24N2O3S. The quantitative estimate of drug-likeness (QED) is 0.431. The summed E-state index contributed by atoms with van der Waals surface area (Å²) in [6.45, 7) is 4.07. The average Bonchev–Trinajstić information content (AvgIpc) is 3.19. The van der Waals surface area contributed by atoms with Crippen molar-refractivity contribution in [1.82, 2.24) is 9.55 Å². The molecule has 1 unspecified atom stereocenters. The average molecular weight is 397 g/mol. The number of nitrogens with zero attached hydrogens (tertiary/aromatic N) is 2. The largest absolute Gasteiger partial charge is 0.491 e. The van der Waals surface area contributed by atoms with Crippen LogP contribution in [-0.2, 0) is 0 Å². The molecule has 1 N–H and O–H groups in total. The molecule has 0 fully saturated rings. The highest BCUT2D eigenvalue weighted by molar-refractivity contribution is 7.99. The van der Waals surface area contributed by atoms with E-state index in [0.29, 0.717) is 23.5 Å². The van der Waals surface area contributed by atoms with Crippen LogP contribution in [0.15, 0.2) is 66.1 Å². The molecule has 0 aliphatic rings. The van der Waals surface area contributed by atoms with Crippen molar-refractivity contribution in [2.24, 2.45) is 0 Å². The van der Waals surface area contributed by atoms with Crippen molar-refractivity contribution in [3.8, 4) is 11.4 Å². The zero-order valence-corrected chi connectivity index (χ0v) is 16.9. The molecule has 28 heavy (non-hydrogen) atoms. The Morgan fingerprint density at radius 2 is 2.04 bits per heavy atom. The minimum atomic E-state index is -0.635. The second kappa shape index (κ2) is 9.57. The summed E-state index contributed by atoms with van der Waals surface area (Å²) in [4.78, 5) is 16.0. The van der Waals surface area contributed by atoms with Crippen molar-refractivity contribution in [2.45, 2.75) is 31.5 Å². The number of aliphatic hydroxyl groups is 1. The lowest BCUT2D eigenvalue weighted by Gasteiger charge is -2.13. The molecule has 1 heterocycles. The van der Waals surface area contributed by atoms with Crippen LogP contribution >= 0.6 is 11.8 Å². The molecule has 0 saturated carbocycles. The number of rotatable bonds is 9. The molecule has 0 amide bonds. The van der Waals surface area contributed by atoms with Crippen molar-refractivity contribution < 1.29 is 14.6 Å². The number of carbonyl (C=O) groups is 1. The number of Topliss-reactive ketones (excluding diaryl/α,β-unsaturated/α-hetero) is 1. The summed E-state index contributed by atoms with van der Waals surface area (Å²) in [6, 6.07) is 15.2. The van der Waals surface area contributed by atoms with Crippen LogP contribution in [0.1, 0.15) is 29.3 Å². The van der Waals surface area contributed by atoms with E-state index in [0.717, 1.165) is 10.8 Å². The van der Waals surface area contributed by atoms with Crippen LogP contribution in [0.3, 0.4) is 0 Å². The summed E-state index contributed by atoms with van der Waals surface area (Å²) in [6.07, 6.45) is 3.52. The van der Waals surface area contributed by atoms with Gasteiger partial charge < -0.3 is 9.84 Å².